The molecule has 2 heteroatoms. The fourth-order valence-corrected chi connectivity index (χ4v) is 2.14. The van der Waals surface area contributed by atoms with Crippen molar-refractivity contribution in [2.45, 2.75) is 13.8 Å². The molecule has 0 amide bonds. The summed E-state index contributed by atoms with van der Waals surface area (Å²) in [6.07, 6.45) is 7.75. The summed E-state index contributed by atoms with van der Waals surface area (Å²) in [7, 11) is 0. The Morgan fingerprint density at radius 3 is 1.83 bits per heavy atom. The summed E-state index contributed by atoms with van der Waals surface area (Å²) in [5.74, 6) is -0.312. The van der Waals surface area contributed by atoms with Crippen molar-refractivity contribution in [1.82, 2.24) is 0 Å². The lowest BCUT2D eigenvalue weighted by atomic mass is 10.1. The number of allylic oxidation sites excluding steroid dienone is 3. The van der Waals surface area contributed by atoms with Crippen molar-refractivity contribution >= 4 is 17.9 Å². The molecule has 0 fully saturated rings. The van der Waals surface area contributed by atoms with Crippen molar-refractivity contribution in [3.8, 4) is 0 Å². The van der Waals surface area contributed by atoms with Crippen molar-refractivity contribution in [2.75, 3.05) is 0 Å². The first-order chi connectivity index (χ1) is 11.1. The van der Waals surface area contributed by atoms with Crippen molar-refractivity contribution in [3.63, 3.8) is 0 Å². The van der Waals surface area contributed by atoms with Crippen LogP contribution in [-0.4, -0.2) is 10.9 Å². The molecule has 0 aliphatic heterocycles. The lowest BCUT2D eigenvalue weighted by Gasteiger charge is -1.98. The van der Waals surface area contributed by atoms with E-state index in [1.165, 1.54) is 18.2 Å². The molecule has 2 nitrogen and oxygen atoms in total. The van der Waals surface area contributed by atoms with E-state index < -0.39 is 0 Å². The van der Waals surface area contributed by atoms with E-state index in [1.807, 2.05) is 62.4 Å². The summed E-state index contributed by atoms with van der Waals surface area (Å²) in [6, 6.07) is 15.7. The Kier molecular flexibility index (Phi) is 5.70. The summed E-state index contributed by atoms with van der Waals surface area (Å²) < 4.78 is 0. The Labute approximate surface area is 137 Å². The summed E-state index contributed by atoms with van der Waals surface area (Å²) in [5, 5.41) is 9.84. The second-order valence-electron chi connectivity index (χ2n) is 5.35. The number of rotatable bonds is 5. The Morgan fingerprint density at radius 2 is 1.30 bits per heavy atom. The standard InChI is InChI=1S/C21H20O2/c1-16-7-3-5-9-18(16)11-13-20(22)15-21(23)14-12-19-10-6-4-8-17(19)2/h3-15,22H,1-2H3/b13-11+,14-12+,20-15-. The summed E-state index contributed by atoms with van der Waals surface area (Å²) in [5.41, 5.74) is 4.21. The first kappa shape index (κ1) is 16.5. The maximum absolute atomic E-state index is 11.9. The average Bonchev–Trinajstić information content (AvgIpc) is 2.53. The molecule has 1 N–H and O–H groups in total. The smallest absolute Gasteiger partial charge is 0.182 e. The number of aliphatic hydroxyl groups is 1. The zero-order valence-electron chi connectivity index (χ0n) is 13.4. The van der Waals surface area contributed by atoms with Crippen LogP contribution in [0.15, 0.2) is 72.5 Å². The molecule has 0 saturated heterocycles. The van der Waals surface area contributed by atoms with Crippen LogP contribution in [0.4, 0.5) is 0 Å². The molecule has 2 rings (SSSR count). The zero-order valence-corrected chi connectivity index (χ0v) is 13.4. The summed E-state index contributed by atoms with van der Waals surface area (Å²) >= 11 is 0. The van der Waals surface area contributed by atoms with Gasteiger partial charge in [-0.2, -0.15) is 0 Å². The third-order valence-electron chi connectivity index (χ3n) is 3.53. The van der Waals surface area contributed by atoms with Gasteiger partial charge in [-0.3, -0.25) is 4.79 Å². The molecule has 0 atom stereocenters. The quantitative estimate of drug-likeness (QED) is 0.477. The maximum atomic E-state index is 11.9. The van der Waals surface area contributed by atoms with Crippen LogP contribution in [0.3, 0.4) is 0 Å². The predicted octanol–water partition coefficient (Wildman–Crippen LogP) is 5.04. The topological polar surface area (TPSA) is 37.3 Å². The number of hydrogen-bond donors (Lipinski definition) is 1. The van der Waals surface area contributed by atoms with Gasteiger partial charge < -0.3 is 5.11 Å². The highest BCUT2D eigenvalue weighted by atomic mass is 16.3. The van der Waals surface area contributed by atoms with E-state index in [4.69, 9.17) is 0 Å². The minimum absolute atomic E-state index is 0.0623. The maximum Gasteiger partial charge on any atom is 0.182 e. The van der Waals surface area contributed by atoms with E-state index in [0.29, 0.717) is 0 Å². The molecule has 0 spiro atoms. The summed E-state index contributed by atoms with van der Waals surface area (Å²) in [6.45, 7) is 3.99. The Balaban J connectivity index is 2.04. The third kappa shape index (κ3) is 5.11. The van der Waals surface area contributed by atoms with Crippen LogP contribution in [-0.2, 0) is 4.79 Å². The number of benzene rings is 2. The Bertz CT molecular complexity index is 780. The lowest BCUT2D eigenvalue weighted by molar-refractivity contribution is -0.110. The van der Waals surface area contributed by atoms with E-state index in [1.54, 1.807) is 12.2 Å². The highest BCUT2D eigenvalue weighted by Crippen LogP contribution is 2.11. The van der Waals surface area contributed by atoms with Gasteiger partial charge in [0, 0.05) is 6.08 Å². The molecule has 0 aliphatic rings. The monoisotopic (exact) mass is 304 g/mol. The average molecular weight is 304 g/mol. The molecule has 0 heterocycles. The highest BCUT2D eigenvalue weighted by molar-refractivity contribution is 6.02. The van der Waals surface area contributed by atoms with Crippen LogP contribution in [0.25, 0.3) is 12.2 Å². The SMILES string of the molecule is Cc1ccccc1/C=C/C(=O)/C=C(O)/C=C/c1ccccc1C. The zero-order chi connectivity index (χ0) is 16.7. The van der Waals surface area contributed by atoms with E-state index in [9.17, 15) is 9.90 Å². The molecule has 0 saturated carbocycles. The van der Waals surface area contributed by atoms with Gasteiger partial charge in [0.25, 0.3) is 0 Å². The van der Waals surface area contributed by atoms with Crippen LogP contribution < -0.4 is 0 Å². The minimum atomic E-state index is -0.250. The Hall–Kier alpha value is -2.87. The molecule has 2 aromatic rings. The molecule has 0 unspecified atom stereocenters. The first-order valence-corrected chi connectivity index (χ1v) is 7.48. The van der Waals surface area contributed by atoms with Gasteiger partial charge in [-0.1, -0.05) is 60.7 Å². The lowest BCUT2D eigenvalue weighted by Crippen LogP contribution is -1.89. The van der Waals surface area contributed by atoms with Crippen molar-refractivity contribution in [2.24, 2.45) is 0 Å². The number of hydrogen-bond acceptors (Lipinski definition) is 2. The molecule has 0 aliphatic carbocycles. The Morgan fingerprint density at radius 1 is 0.826 bits per heavy atom. The van der Waals surface area contributed by atoms with E-state index in [-0.39, 0.29) is 11.5 Å². The van der Waals surface area contributed by atoms with Crippen molar-refractivity contribution < 1.29 is 9.90 Å². The number of carbonyl (C=O) groups is 1. The molecule has 2 aromatic carbocycles. The molecule has 0 aromatic heterocycles. The highest BCUT2D eigenvalue weighted by Gasteiger charge is 1.97. The van der Waals surface area contributed by atoms with Gasteiger partial charge in [0.1, 0.15) is 5.76 Å². The number of ketones is 1. The van der Waals surface area contributed by atoms with Crippen LogP contribution in [0.5, 0.6) is 0 Å². The predicted molar refractivity (Wildman–Crippen MR) is 96.1 cm³/mol. The van der Waals surface area contributed by atoms with Crippen molar-refractivity contribution in [1.29, 1.82) is 0 Å². The van der Waals surface area contributed by atoms with Crippen LogP contribution >= 0.6 is 0 Å². The van der Waals surface area contributed by atoms with Gasteiger partial charge in [-0.25, -0.2) is 0 Å². The fourth-order valence-electron chi connectivity index (χ4n) is 2.14. The number of aliphatic hydroxyl groups excluding tert-OH is 1. The first-order valence-electron chi connectivity index (χ1n) is 7.48. The van der Waals surface area contributed by atoms with Gasteiger partial charge in [0.2, 0.25) is 0 Å². The molecule has 0 bridgehead atoms. The van der Waals surface area contributed by atoms with E-state index in [2.05, 4.69) is 0 Å². The number of carbonyl (C=O) groups excluding carboxylic acids is 1. The van der Waals surface area contributed by atoms with Gasteiger partial charge in [-0.05, 0) is 48.3 Å². The largest absolute Gasteiger partial charge is 0.508 e. The summed E-state index contributed by atoms with van der Waals surface area (Å²) in [4.78, 5) is 11.9. The third-order valence-corrected chi connectivity index (χ3v) is 3.53. The van der Waals surface area contributed by atoms with Gasteiger partial charge in [-0.15, -0.1) is 0 Å². The van der Waals surface area contributed by atoms with Gasteiger partial charge >= 0.3 is 0 Å². The van der Waals surface area contributed by atoms with Gasteiger partial charge in [0.05, 0.1) is 0 Å². The second kappa shape index (κ2) is 7.95. The van der Waals surface area contributed by atoms with Crippen LogP contribution in [0.2, 0.25) is 0 Å². The van der Waals surface area contributed by atoms with Crippen LogP contribution in [0, 0.1) is 13.8 Å². The molecular formula is C21H20O2. The number of aryl methyl sites for hydroxylation is 2. The van der Waals surface area contributed by atoms with Crippen molar-refractivity contribution in [3.05, 3.63) is 94.8 Å². The van der Waals surface area contributed by atoms with Gasteiger partial charge in [0.15, 0.2) is 5.78 Å². The molecule has 116 valence electrons. The second-order valence-corrected chi connectivity index (χ2v) is 5.35. The molecular weight excluding hydrogens is 284 g/mol. The van der Waals surface area contributed by atoms with E-state index >= 15 is 0 Å². The normalized spacial score (nSPS) is 12.2. The van der Waals surface area contributed by atoms with Crippen LogP contribution in [0.1, 0.15) is 22.3 Å². The van der Waals surface area contributed by atoms with E-state index in [0.717, 1.165) is 22.3 Å². The minimum Gasteiger partial charge on any atom is -0.508 e. The molecule has 23 heavy (non-hydrogen) atoms. The molecule has 0 radical (unpaired) electrons. The fraction of sp³-hybridized carbons (Fsp3) is 0.0952.